The Balaban J connectivity index is 1.78. The molecule has 0 N–H and O–H groups in total. The Kier molecular flexibility index (Phi) is 4.64. The number of aryl methyl sites for hydroxylation is 1. The van der Waals surface area contributed by atoms with Crippen molar-refractivity contribution in [3.05, 3.63) is 53.1 Å². The summed E-state index contributed by atoms with van der Waals surface area (Å²) in [6.45, 7) is 9.42. The van der Waals surface area contributed by atoms with E-state index in [0.29, 0.717) is 25.4 Å². The maximum atomic E-state index is 13.5. The van der Waals surface area contributed by atoms with Gasteiger partial charge in [-0.3, -0.25) is 9.48 Å². The van der Waals surface area contributed by atoms with Gasteiger partial charge in [0.2, 0.25) is 0 Å². The van der Waals surface area contributed by atoms with Gasteiger partial charge in [0.15, 0.2) is 5.69 Å². The Morgan fingerprint density at radius 3 is 2.72 bits per heavy atom. The van der Waals surface area contributed by atoms with E-state index in [1.54, 1.807) is 11.0 Å². The highest BCUT2D eigenvalue weighted by Gasteiger charge is 2.29. The van der Waals surface area contributed by atoms with Crippen molar-refractivity contribution in [1.82, 2.24) is 14.7 Å². The minimum absolute atomic E-state index is 0.115. The van der Waals surface area contributed by atoms with Gasteiger partial charge in [-0.1, -0.05) is 12.1 Å². The van der Waals surface area contributed by atoms with E-state index < -0.39 is 0 Å². The summed E-state index contributed by atoms with van der Waals surface area (Å²) in [7, 11) is 0. The monoisotopic (exact) mass is 345 g/mol. The lowest BCUT2D eigenvalue weighted by Crippen LogP contribution is -2.42. The molecule has 1 atom stereocenters. The summed E-state index contributed by atoms with van der Waals surface area (Å²) < 4.78 is 21.1. The van der Waals surface area contributed by atoms with Crippen LogP contribution < -0.4 is 0 Å². The van der Waals surface area contributed by atoms with Crippen LogP contribution in [0, 0.1) is 12.7 Å². The third-order valence-electron chi connectivity index (χ3n) is 4.32. The highest BCUT2D eigenvalue weighted by molar-refractivity contribution is 5.92. The first-order valence-corrected chi connectivity index (χ1v) is 8.49. The van der Waals surface area contributed by atoms with Crippen molar-refractivity contribution < 1.29 is 13.9 Å². The first kappa shape index (κ1) is 17.6. The molecule has 6 heteroatoms. The highest BCUT2D eigenvalue weighted by atomic mass is 19.1. The van der Waals surface area contributed by atoms with Gasteiger partial charge in [-0.15, -0.1) is 0 Å². The third kappa shape index (κ3) is 3.74. The Labute approximate surface area is 147 Å². The van der Waals surface area contributed by atoms with Crippen molar-refractivity contribution in [1.29, 1.82) is 0 Å². The number of hydrogen-bond donors (Lipinski definition) is 0. The molecule has 1 aromatic heterocycles. The minimum atomic E-state index is -0.320. The van der Waals surface area contributed by atoms with Crippen LogP contribution in [0.3, 0.4) is 0 Å². The molecule has 0 spiro atoms. The molecule has 3 rings (SSSR count). The number of carbonyl (C=O) groups is 1. The predicted octanol–water partition coefficient (Wildman–Crippen LogP) is 3.30. The summed E-state index contributed by atoms with van der Waals surface area (Å²) in [6.07, 6.45) is -0.320. The van der Waals surface area contributed by atoms with Gasteiger partial charge in [-0.25, -0.2) is 4.39 Å². The Bertz CT molecular complexity index is 779. The van der Waals surface area contributed by atoms with Crippen molar-refractivity contribution in [3.63, 3.8) is 0 Å². The van der Waals surface area contributed by atoms with Crippen LogP contribution in [0.25, 0.3) is 0 Å². The van der Waals surface area contributed by atoms with Gasteiger partial charge in [0.25, 0.3) is 5.91 Å². The molecule has 1 aliphatic rings. The van der Waals surface area contributed by atoms with Crippen LogP contribution in [-0.2, 0) is 10.3 Å². The molecule has 134 valence electrons. The molecule has 0 radical (unpaired) electrons. The second kappa shape index (κ2) is 6.59. The quantitative estimate of drug-likeness (QED) is 0.839. The van der Waals surface area contributed by atoms with Crippen LogP contribution in [0.5, 0.6) is 0 Å². The average molecular weight is 345 g/mol. The van der Waals surface area contributed by atoms with Gasteiger partial charge in [0.05, 0.1) is 18.7 Å². The maximum absolute atomic E-state index is 13.5. The van der Waals surface area contributed by atoms with Crippen molar-refractivity contribution in [2.45, 2.75) is 39.3 Å². The normalized spacial score (nSPS) is 18.4. The molecule has 1 saturated heterocycles. The zero-order valence-corrected chi connectivity index (χ0v) is 15.1. The highest BCUT2D eigenvalue weighted by Crippen LogP contribution is 2.24. The lowest BCUT2D eigenvalue weighted by Gasteiger charge is -2.32. The Morgan fingerprint density at radius 1 is 1.32 bits per heavy atom. The molecular formula is C19H24FN3O2. The molecule has 1 aliphatic heterocycles. The van der Waals surface area contributed by atoms with E-state index in [2.05, 4.69) is 25.9 Å². The Hall–Kier alpha value is -2.21. The number of morpholine rings is 1. The van der Waals surface area contributed by atoms with E-state index in [1.807, 2.05) is 23.7 Å². The molecule has 0 saturated carbocycles. The number of carbonyl (C=O) groups excluding carboxylic acids is 1. The van der Waals surface area contributed by atoms with E-state index in [0.717, 1.165) is 11.3 Å². The number of hydrogen-bond acceptors (Lipinski definition) is 3. The fourth-order valence-corrected chi connectivity index (χ4v) is 3.16. The summed E-state index contributed by atoms with van der Waals surface area (Å²) in [6, 6.07) is 8.15. The van der Waals surface area contributed by atoms with Crippen molar-refractivity contribution in [3.8, 4) is 0 Å². The lowest BCUT2D eigenvalue weighted by atomic mass is 10.1. The fraction of sp³-hybridized carbons (Fsp3) is 0.474. The van der Waals surface area contributed by atoms with Gasteiger partial charge in [0.1, 0.15) is 11.9 Å². The summed E-state index contributed by atoms with van der Waals surface area (Å²) >= 11 is 0. The molecule has 2 aromatic rings. The van der Waals surface area contributed by atoms with Crippen molar-refractivity contribution in [2.24, 2.45) is 0 Å². The first-order valence-electron chi connectivity index (χ1n) is 8.49. The van der Waals surface area contributed by atoms with E-state index in [9.17, 15) is 9.18 Å². The van der Waals surface area contributed by atoms with Crippen LogP contribution in [0.1, 0.15) is 48.6 Å². The van der Waals surface area contributed by atoms with Crippen molar-refractivity contribution in [2.75, 3.05) is 19.7 Å². The minimum Gasteiger partial charge on any atom is -0.370 e. The number of rotatable bonds is 2. The van der Waals surface area contributed by atoms with Crippen LogP contribution in [0.15, 0.2) is 30.3 Å². The Morgan fingerprint density at radius 2 is 2.08 bits per heavy atom. The van der Waals surface area contributed by atoms with Gasteiger partial charge >= 0.3 is 0 Å². The van der Waals surface area contributed by atoms with Gasteiger partial charge in [-0.2, -0.15) is 5.10 Å². The number of benzene rings is 1. The average Bonchev–Trinajstić information content (AvgIpc) is 2.96. The summed E-state index contributed by atoms with van der Waals surface area (Å²) in [5.41, 5.74) is 1.95. The number of halogens is 1. The summed E-state index contributed by atoms with van der Waals surface area (Å²) in [4.78, 5) is 14.6. The molecule has 5 nitrogen and oxygen atoms in total. The molecule has 1 unspecified atom stereocenters. The van der Waals surface area contributed by atoms with E-state index in [-0.39, 0.29) is 23.4 Å². The molecule has 0 aliphatic carbocycles. The molecule has 0 bridgehead atoms. The number of nitrogens with zero attached hydrogens (tertiary/aromatic N) is 3. The largest absolute Gasteiger partial charge is 0.370 e. The van der Waals surface area contributed by atoms with E-state index >= 15 is 0 Å². The number of amides is 1. The summed E-state index contributed by atoms with van der Waals surface area (Å²) in [5, 5.41) is 4.49. The second-order valence-corrected chi connectivity index (χ2v) is 7.42. The van der Waals surface area contributed by atoms with Gasteiger partial charge in [-0.05, 0) is 51.5 Å². The lowest BCUT2D eigenvalue weighted by molar-refractivity contribution is -0.0231. The van der Waals surface area contributed by atoms with Crippen LogP contribution in [0.4, 0.5) is 4.39 Å². The van der Waals surface area contributed by atoms with Gasteiger partial charge < -0.3 is 9.64 Å². The fourth-order valence-electron chi connectivity index (χ4n) is 3.16. The molecule has 2 heterocycles. The smallest absolute Gasteiger partial charge is 0.274 e. The SMILES string of the molecule is Cc1cc(C(=O)N2CCOC(c3cccc(F)c3)C2)nn1C(C)(C)C. The molecule has 1 amide bonds. The maximum Gasteiger partial charge on any atom is 0.274 e. The van der Waals surface area contributed by atoms with Crippen LogP contribution in [-0.4, -0.2) is 40.3 Å². The number of ether oxygens (including phenoxy) is 1. The predicted molar refractivity (Wildman–Crippen MR) is 93.0 cm³/mol. The molecular weight excluding hydrogens is 321 g/mol. The zero-order valence-electron chi connectivity index (χ0n) is 15.1. The van der Waals surface area contributed by atoms with E-state index in [1.165, 1.54) is 12.1 Å². The molecule has 25 heavy (non-hydrogen) atoms. The zero-order chi connectivity index (χ0) is 18.2. The molecule has 1 aromatic carbocycles. The topological polar surface area (TPSA) is 47.4 Å². The van der Waals surface area contributed by atoms with Crippen molar-refractivity contribution >= 4 is 5.91 Å². The third-order valence-corrected chi connectivity index (χ3v) is 4.32. The van der Waals surface area contributed by atoms with Crippen LogP contribution >= 0.6 is 0 Å². The van der Waals surface area contributed by atoms with E-state index in [4.69, 9.17) is 4.74 Å². The molecule has 1 fully saturated rings. The standard InChI is InChI=1S/C19H24FN3O2/c1-13-10-16(21-23(13)19(2,3)4)18(24)22-8-9-25-17(12-22)14-6-5-7-15(20)11-14/h5-7,10-11,17H,8-9,12H2,1-4H3. The second-order valence-electron chi connectivity index (χ2n) is 7.42. The van der Waals surface area contributed by atoms with Gasteiger partial charge in [0, 0.05) is 12.2 Å². The van der Waals surface area contributed by atoms with Crippen LogP contribution in [0.2, 0.25) is 0 Å². The summed E-state index contributed by atoms with van der Waals surface area (Å²) in [5.74, 6) is -0.417. The number of aromatic nitrogens is 2. The first-order chi connectivity index (χ1) is 11.8.